The Balaban J connectivity index is 1.66. The number of amides is 2. The molecule has 1 aromatic rings. The summed E-state index contributed by atoms with van der Waals surface area (Å²) in [6.07, 6.45) is -1.04. The molecule has 8 heteroatoms. The van der Waals surface area contributed by atoms with Crippen LogP contribution in [0.25, 0.3) is 0 Å². The summed E-state index contributed by atoms with van der Waals surface area (Å²) in [7, 11) is 0. The molecule has 1 aliphatic carbocycles. The van der Waals surface area contributed by atoms with Crippen molar-refractivity contribution < 1.29 is 18.0 Å². The molecule has 2 amide bonds. The van der Waals surface area contributed by atoms with Gasteiger partial charge in [0.05, 0.1) is 17.3 Å². The molecule has 2 heterocycles. The minimum absolute atomic E-state index is 0.231. The average Bonchev–Trinajstić information content (AvgIpc) is 2.43. The lowest BCUT2D eigenvalue weighted by atomic mass is 9.63. The number of carbonyl (C=O) groups is 1. The van der Waals surface area contributed by atoms with Crippen molar-refractivity contribution in [2.45, 2.75) is 38.4 Å². The summed E-state index contributed by atoms with van der Waals surface area (Å²) in [6.45, 7) is 3.09. The summed E-state index contributed by atoms with van der Waals surface area (Å²) < 4.78 is 40.8. The standard InChI is InChI=1S/C17H19F3N4O/c1-10-14(22-23-15(25)21-10)11-3-4-13(12(7-11)17(18,19)20)24-8-16(9-24)5-2-6-16/h3-4,7,10H,2,5-6,8-9H2,1H3,(H2,21,23,25)/t10-/m0/s1. The second-order valence-corrected chi connectivity index (χ2v) is 7.24. The fraction of sp³-hybridized carbons (Fsp3) is 0.529. The van der Waals surface area contributed by atoms with Crippen molar-refractivity contribution in [2.75, 3.05) is 18.0 Å². The number of hydrogen-bond acceptors (Lipinski definition) is 3. The van der Waals surface area contributed by atoms with Gasteiger partial charge in [-0.1, -0.05) is 12.5 Å². The molecule has 2 N–H and O–H groups in total. The number of halogens is 3. The Kier molecular flexibility index (Phi) is 3.49. The molecule has 1 saturated carbocycles. The van der Waals surface area contributed by atoms with E-state index in [0.717, 1.165) is 18.9 Å². The highest BCUT2D eigenvalue weighted by Gasteiger charge is 2.49. The van der Waals surface area contributed by atoms with Gasteiger partial charge in [0.25, 0.3) is 0 Å². The topological polar surface area (TPSA) is 56.7 Å². The Morgan fingerprint density at radius 2 is 2.00 bits per heavy atom. The maximum Gasteiger partial charge on any atom is 0.418 e. The maximum absolute atomic E-state index is 13.6. The number of carbonyl (C=O) groups excluding carboxylic acids is 1. The van der Waals surface area contributed by atoms with Gasteiger partial charge in [0.2, 0.25) is 0 Å². The molecule has 134 valence electrons. The largest absolute Gasteiger partial charge is 0.418 e. The molecule has 0 aromatic heterocycles. The highest BCUT2D eigenvalue weighted by Crippen LogP contribution is 2.51. The number of hydrogen-bond donors (Lipinski definition) is 2. The van der Waals surface area contributed by atoms with Crippen LogP contribution in [0.5, 0.6) is 0 Å². The number of anilines is 1. The summed E-state index contributed by atoms with van der Waals surface area (Å²) >= 11 is 0. The molecule has 2 fully saturated rings. The highest BCUT2D eigenvalue weighted by molar-refractivity contribution is 6.07. The Labute approximate surface area is 143 Å². The number of nitrogens with zero attached hydrogens (tertiary/aromatic N) is 2. The van der Waals surface area contributed by atoms with Crippen LogP contribution < -0.4 is 15.6 Å². The van der Waals surface area contributed by atoms with Gasteiger partial charge in [0.1, 0.15) is 0 Å². The average molecular weight is 352 g/mol. The minimum Gasteiger partial charge on any atom is -0.370 e. The van der Waals surface area contributed by atoms with Gasteiger partial charge >= 0.3 is 12.2 Å². The van der Waals surface area contributed by atoms with Crippen LogP contribution in [0.15, 0.2) is 23.3 Å². The molecule has 0 bridgehead atoms. The van der Waals surface area contributed by atoms with Gasteiger partial charge in [-0.2, -0.15) is 18.3 Å². The van der Waals surface area contributed by atoms with Crippen LogP contribution in [0, 0.1) is 5.41 Å². The van der Waals surface area contributed by atoms with E-state index in [4.69, 9.17) is 0 Å². The predicted octanol–water partition coefficient (Wildman–Crippen LogP) is 3.10. The fourth-order valence-corrected chi connectivity index (χ4v) is 3.94. The quantitative estimate of drug-likeness (QED) is 0.859. The van der Waals surface area contributed by atoms with Crippen LogP contribution >= 0.6 is 0 Å². The van der Waals surface area contributed by atoms with Crippen molar-refractivity contribution >= 4 is 17.4 Å². The zero-order valence-electron chi connectivity index (χ0n) is 13.8. The number of hydrazone groups is 1. The zero-order valence-corrected chi connectivity index (χ0v) is 13.8. The molecule has 4 rings (SSSR count). The number of urea groups is 1. The third kappa shape index (κ3) is 2.73. The van der Waals surface area contributed by atoms with E-state index in [1.807, 2.05) is 4.90 Å². The van der Waals surface area contributed by atoms with Crippen LogP contribution in [0.1, 0.15) is 37.3 Å². The van der Waals surface area contributed by atoms with Gasteiger partial charge in [-0.25, -0.2) is 10.2 Å². The van der Waals surface area contributed by atoms with Gasteiger partial charge < -0.3 is 10.2 Å². The van der Waals surface area contributed by atoms with Crippen LogP contribution in [-0.4, -0.2) is 30.9 Å². The first-order valence-corrected chi connectivity index (χ1v) is 8.38. The number of rotatable bonds is 2. The summed E-state index contributed by atoms with van der Waals surface area (Å²) in [4.78, 5) is 13.1. The lowest BCUT2D eigenvalue weighted by Gasteiger charge is -2.57. The number of benzene rings is 1. The fourth-order valence-electron chi connectivity index (χ4n) is 3.94. The van der Waals surface area contributed by atoms with E-state index in [2.05, 4.69) is 15.8 Å². The minimum atomic E-state index is -4.44. The first-order chi connectivity index (χ1) is 11.8. The Morgan fingerprint density at radius 1 is 1.28 bits per heavy atom. The van der Waals surface area contributed by atoms with Crippen molar-refractivity contribution in [3.8, 4) is 0 Å². The Hall–Kier alpha value is -2.25. The molecule has 1 spiro atoms. The van der Waals surface area contributed by atoms with Crippen LogP contribution in [-0.2, 0) is 6.18 Å². The van der Waals surface area contributed by atoms with Crippen LogP contribution in [0.4, 0.5) is 23.7 Å². The maximum atomic E-state index is 13.6. The molecule has 1 aromatic carbocycles. The molecular weight excluding hydrogens is 333 g/mol. The van der Waals surface area contributed by atoms with Crippen molar-refractivity contribution in [3.63, 3.8) is 0 Å². The molecular formula is C17H19F3N4O. The zero-order chi connectivity index (χ0) is 17.8. The van der Waals surface area contributed by atoms with E-state index < -0.39 is 23.8 Å². The van der Waals surface area contributed by atoms with E-state index in [1.165, 1.54) is 12.5 Å². The van der Waals surface area contributed by atoms with Gasteiger partial charge in [0, 0.05) is 29.8 Å². The third-order valence-electron chi connectivity index (χ3n) is 5.44. The number of alkyl halides is 3. The van der Waals surface area contributed by atoms with Crippen LogP contribution in [0.2, 0.25) is 0 Å². The van der Waals surface area contributed by atoms with Gasteiger partial charge in [-0.3, -0.25) is 0 Å². The van der Waals surface area contributed by atoms with Crippen LogP contribution in [0.3, 0.4) is 0 Å². The van der Waals surface area contributed by atoms with E-state index in [0.29, 0.717) is 24.4 Å². The second kappa shape index (κ2) is 5.37. The molecule has 3 aliphatic rings. The predicted molar refractivity (Wildman–Crippen MR) is 87.6 cm³/mol. The van der Waals surface area contributed by atoms with Crippen molar-refractivity contribution in [1.82, 2.24) is 10.7 Å². The van der Waals surface area contributed by atoms with Crippen molar-refractivity contribution in [1.29, 1.82) is 0 Å². The monoisotopic (exact) mass is 352 g/mol. The second-order valence-electron chi connectivity index (χ2n) is 7.24. The van der Waals surface area contributed by atoms with Crippen molar-refractivity contribution in [2.24, 2.45) is 10.5 Å². The lowest BCUT2D eigenvalue weighted by molar-refractivity contribution is -0.137. The van der Waals surface area contributed by atoms with E-state index >= 15 is 0 Å². The smallest absolute Gasteiger partial charge is 0.370 e. The summed E-state index contributed by atoms with van der Waals surface area (Å²) in [6, 6.07) is 3.38. The van der Waals surface area contributed by atoms with Gasteiger partial charge in [0.15, 0.2) is 0 Å². The lowest BCUT2D eigenvalue weighted by Crippen LogP contribution is -2.60. The molecule has 2 aliphatic heterocycles. The van der Waals surface area contributed by atoms with E-state index in [9.17, 15) is 18.0 Å². The summed E-state index contributed by atoms with van der Waals surface area (Å²) in [5.74, 6) is 0. The molecule has 1 saturated heterocycles. The normalized spacial score (nSPS) is 24.8. The SMILES string of the molecule is C[C@@H]1NC(=O)NN=C1c1ccc(N2CC3(CCC3)C2)c(C(F)(F)F)c1. The molecule has 0 unspecified atom stereocenters. The summed E-state index contributed by atoms with van der Waals surface area (Å²) in [5, 5.41) is 6.51. The Bertz CT molecular complexity index is 747. The van der Waals surface area contributed by atoms with E-state index in [1.54, 1.807) is 13.0 Å². The van der Waals surface area contributed by atoms with Crippen molar-refractivity contribution in [3.05, 3.63) is 29.3 Å². The molecule has 1 atom stereocenters. The third-order valence-corrected chi connectivity index (χ3v) is 5.44. The Morgan fingerprint density at radius 3 is 2.56 bits per heavy atom. The molecule has 25 heavy (non-hydrogen) atoms. The molecule has 0 radical (unpaired) electrons. The first kappa shape index (κ1) is 16.2. The molecule has 5 nitrogen and oxygen atoms in total. The first-order valence-electron chi connectivity index (χ1n) is 8.38. The highest BCUT2D eigenvalue weighted by atomic mass is 19.4. The summed E-state index contributed by atoms with van der Waals surface area (Å²) in [5.41, 5.74) is 2.82. The van der Waals surface area contributed by atoms with E-state index in [-0.39, 0.29) is 11.1 Å². The van der Waals surface area contributed by atoms with Gasteiger partial charge in [-0.15, -0.1) is 0 Å². The van der Waals surface area contributed by atoms with Gasteiger partial charge in [-0.05, 0) is 31.9 Å². The number of nitrogens with one attached hydrogen (secondary N) is 2.